The number of benzene rings is 1. The Kier molecular flexibility index (Phi) is 6.78. The van der Waals surface area contributed by atoms with Gasteiger partial charge in [0.05, 0.1) is 0 Å². The first-order chi connectivity index (χ1) is 12.7. The van der Waals surface area contributed by atoms with Gasteiger partial charge in [-0.1, -0.05) is 18.2 Å². The van der Waals surface area contributed by atoms with Crippen molar-refractivity contribution in [3.8, 4) is 0 Å². The molecule has 2 N–H and O–H groups in total. The number of hydrogen-bond donors (Lipinski definition) is 2. The lowest BCUT2D eigenvalue weighted by molar-refractivity contribution is 0.141. The average molecular weight is 358 g/mol. The Bertz CT molecular complexity index is 571. The van der Waals surface area contributed by atoms with Crippen molar-refractivity contribution in [1.82, 2.24) is 15.5 Å². The summed E-state index contributed by atoms with van der Waals surface area (Å²) in [6.07, 6.45) is 3.78. The fraction of sp³-hybridized carbons (Fsp3) is 0.667. The molecule has 2 fully saturated rings. The van der Waals surface area contributed by atoms with Crippen molar-refractivity contribution in [2.45, 2.75) is 45.2 Å². The molecule has 0 saturated carbocycles. The van der Waals surface area contributed by atoms with Crippen LogP contribution in [0.3, 0.4) is 0 Å². The molecule has 0 bridgehead atoms. The van der Waals surface area contributed by atoms with Gasteiger partial charge in [-0.3, -0.25) is 4.99 Å². The van der Waals surface area contributed by atoms with Crippen molar-refractivity contribution in [1.29, 1.82) is 0 Å². The van der Waals surface area contributed by atoms with E-state index >= 15 is 0 Å². The Morgan fingerprint density at radius 3 is 2.69 bits per heavy atom. The van der Waals surface area contributed by atoms with Crippen molar-refractivity contribution in [3.63, 3.8) is 0 Å². The van der Waals surface area contributed by atoms with Gasteiger partial charge in [0.25, 0.3) is 0 Å². The standard InChI is InChI=1S/C21H35N5/c1-17(2)25-12-7-8-18(15-25)14-23-21(22-3)24-19-11-13-26(16-19)20-9-5-4-6-10-20/h4-6,9-10,17-19H,7-8,11-16H2,1-3H3,(H2,22,23,24). The van der Waals surface area contributed by atoms with E-state index in [0.717, 1.165) is 32.0 Å². The summed E-state index contributed by atoms with van der Waals surface area (Å²) >= 11 is 0. The van der Waals surface area contributed by atoms with E-state index in [-0.39, 0.29) is 0 Å². The maximum absolute atomic E-state index is 4.45. The molecule has 2 heterocycles. The minimum Gasteiger partial charge on any atom is -0.369 e. The zero-order valence-corrected chi connectivity index (χ0v) is 16.6. The van der Waals surface area contributed by atoms with E-state index in [1.807, 2.05) is 7.05 Å². The summed E-state index contributed by atoms with van der Waals surface area (Å²) < 4.78 is 0. The number of aliphatic imine (C=N–C) groups is 1. The third kappa shape index (κ3) is 5.13. The van der Waals surface area contributed by atoms with Gasteiger partial charge >= 0.3 is 0 Å². The Morgan fingerprint density at radius 2 is 1.96 bits per heavy atom. The van der Waals surface area contributed by atoms with Crippen LogP contribution in [0.5, 0.6) is 0 Å². The van der Waals surface area contributed by atoms with E-state index in [4.69, 9.17) is 0 Å². The number of rotatable bonds is 5. The molecular weight excluding hydrogens is 322 g/mol. The minimum atomic E-state index is 0.458. The van der Waals surface area contributed by atoms with Crippen LogP contribution in [0.4, 0.5) is 5.69 Å². The van der Waals surface area contributed by atoms with Crippen molar-refractivity contribution in [2.24, 2.45) is 10.9 Å². The highest BCUT2D eigenvalue weighted by Crippen LogP contribution is 2.20. The van der Waals surface area contributed by atoms with E-state index in [0.29, 0.717) is 18.0 Å². The molecule has 3 rings (SSSR count). The third-order valence-electron chi connectivity index (χ3n) is 5.71. The lowest BCUT2D eigenvalue weighted by atomic mass is 9.97. The van der Waals surface area contributed by atoms with Gasteiger partial charge in [-0.15, -0.1) is 0 Å². The lowest BCUT2D eigenvalue weighted by Crippen LogP contribution is -2.48. The molecule has 2 unspecified atom stereocenters. The molecule has 1 aromatic rings. The predicted octanol–water partition coefficient (Wildman–Crippen LogP) is 2.55. The normalized spacial score (nSPS) is 24.9. The number of nitrogens with one attached hydrogen (secondary N) is 2. The topological polar surface area (TPSA) is 42.9 Å². The highest BCUT2D eigenvalue weighted by molar-refractivity contribution is 5.80. The minimum absolute atomic E-state index is 0.458. The highest BCUT2D eigenvalue weighted by Gasteiger charge is 2.24. The molecule has 5 nitrogen and oxygen atoms in total. The number of hydrogen-bond acceptors (Lipinski definition) is 3. The quantitative estimate of drug-likeness (QED) is 0.628. The van der Waals surface area contributed by atoms with Crippen LogP contribution in [0.1, 0.15) is 33.1 Å². The van der Waals surface area contributed by atoms with Gasteiger partial charge < -0.3 is 20.4 Å². The van der Waals surface area contributed by atoms with Crippen molar-refractivity contribution in [3.05, 3.63) is 30.3 Å². The van der Waals surface area contributed by atoms with Gasteiger partial charge in [-0.2, -0.15) is 0 Å². The molecule has 2 aliphatic heterocycles. The first-order valence-electron chi connectivity index (χ1n) is 10.2. The van der Waals surface area contributed by atoms with Crippen LogP contribution < -0.4 is 15.5 Å². The van der Waals surface area contributed by atoms with E-state index in [9.17, 15) is 0 Å². The molecule has 0 radical (unpaired) electrons. The van der Waals surface area contributed by atoms with Crippen molar-refractivity contribution < 1.29 is 0 Å². The number of anilines is 1. The monoisotopic (exact) mass is 357 g/mol. The molecule has 2 atom stereocenters. The van der Waals surface area contributed by atoms with Crippen molar-refractivity contribution in [2.75, 3.05) is 44.7 Å². The number of likely N-dealkylation sites (tertiary alicyclic amines) is 1. The number of guanidine groups is 1. The van der Waals surface area contributed by atoms with E-state index in [1.54, 1.807) is 0 Å². The lowest BCUT2D eigenvalue weighted by Gasteiger charge is -2.35. The van der Waals surface area contributed by atoms with Crippen LogP contribution in [-0.2, 0) is 0 Å². The van der Waals surface area contributed by atoms with Crippen LogP contribution in [0.25, 0.3) is 0 Å². The Labute approximate surface area is 158 Å². The molecule has 2 aliphatic rings. The summed E-state index contributed by atoms with van der Waals surface area (Å²) in [5.74, 6) is 1.67. The molecule has 0 aliphatic carbocycles. The fourth-order valence-corrected chi connectivity index (χ4v) is 4.11. The van der Waals surface area contributed by atoms with Gasteiger partial charge in [0.1, 0.15) is 0 Å². The van der Waals surface area contributed by atoms with E-state index < -0.39 is 0 Å². The van der Waals surface area contributed by atoms with Gasteiger partial charge in [0.2, 0.25) is 0 Å². The van der Waals surface area contributed by atoms with Gasteiger partial charge in [0.15, 0.2) is 5.96 Å². The summed E-state index contributed by atoms with van der Waals surface area (Å²) in [7, 11) is 1.88. The SMILES string of the molecule is CN=C(NCC1CCCN(C(C)C)C1)NC1CCN(c2ccccc2)C1. The third-order valence-corrected chi connectivity index (χ3v) is 5.71. The van der Waals surface area contributed by atoms with Gasteiger partial charge in [0, 0.05) is 51.0 Å². The second kappa shape index (κ2) is 9.26. The summed E-state index contributed by atoms with van der Waals surface area (Å²) in [4.78, 5) is 9.50. The van der Waals surface area contributed by atoms with Crippen LogP contribution in [0.2, 0.25) is 0 Å². The summed E-state index contributed by atoms with van der Waals surface area (Å²) in [6, 6.07) is 11.8. The van der Waals surface area contributed by atoms with Gasteiger partial charge in [-0.05, 0) is 57.7 Å². The summed E-state index contributed by atoms with van der Waals surface area (Å²) in [6.45, 7) is 10.2. The summed E-state index contributed by atoms with van der Waals surface area (Å²) in [5.41, 5.74) is 1.32. The van der Waals surface area contributed by atoms with Crippen molar-refractivity contribution >= 4 is 11.6 Å². The second-order valence-corrected chi connectivity index (χ2v) is 7.96. The van der Waals surface area contributed by atoms with E-state index in [2.05, 4.69) is 69.6 Å². The van der Waals surface area contributed by atoms with Crippen LogP contribution >= 0.6 is 0 Å². The second-order valence-electron chi connectivity index (χ2n) is 7.96. The largest absolute Gasteiger partial charge is 0.369 e. The molecule has 5 heteroatoms. The van der Waals surface area contributed by atoms with E-state index in [1.165, 1.54) is 31.6 Å². The molecule has 2 saturated heterocycles. The summed E-state index contributed by atoms with van der Waals surface area (Å²) in [5, 5.41) is 7.20. The number of nitrogens with zero attached hydrogens (tertiary/aromatic N) is 3. The van der Waals surface area contributed by atoms with Gasteiger partial charge in [-0.25, -0.2) is 0 Å². The Balaban J connectivity index is 1.44. The Morgan fingerprint density at radius 1 is 1.15 bits per heavy atom. The van der Waals surface area contributed by atoms with Crippen LogP contribution in [-0.4, -0.2) is 62.7 Å². The first kappa shape index (κ1) is 19.0. The maximum atomic E-state index is 4.45. The fourth-order valence-electron chi connectivity index (χ4n) is 4.11. The smallest absolute Gasteiger partial charge is 0.191 e. The molecule has 0 amide bonds. The zero-order chi connectivity index (χ0) is 18.4. The Hall–Kier alpha value is -1.75. The maximum Gasteiger partial charge on any atom is 0.191 e. The first-order valence-corrected chi connectivity index (χ1v) is 10.2. The predicted molar refractivity (Wildman–Crippen MR) is 111 cm³/mol. The highest BCUT2D eigenvalue weighted by atomic mass is 15.2. The molecular formula is C21H35N5. The number of piperidine rings is 1. The molecule has 144 valence electrons. The average Bonchev–Trinajstić information content (AvgIpc) is 3.14. The zero-order valence-electron chi connectivity index (χ0n) is 16.6. The van der Waals surface area contributed by atoms with Crippen LogP contribution in [0.15, 0.2) is 35.3 Å². The molecule has 1 aromatic carbocycles. The van der Waals surface area contributed by atoms with Crippen LogP contribution in [0, 0.1) is 5.92 Å². The number of para-hydroxylation sites is 1. The molecule has 26 heavy (non-hydrogen) atoms. The molecule has 0 aromatic heterocycles. The molecule has 0 spiro atoms.